The predicted molar refractivity (Wildman–Crippen MR) is 133 cm³/mol. The van der Waals surface area contributed by atoms with Crippen molar-refractivity contribution in [3.63, 3.8) is 0 Å². The lowest BCUT2D eigenvalue weighted by Crippen LogP contribution is -2.36. The van der Waals surface area contributed by atoms with Gasteiger partial charge in [-0.05, 0) is 36.6 Å². The van der Waals surface area contributed by atoms with Gasteiger partial charge in [-0.25, -0.2) is 13.0 Å². The van der Waals surface area contributed by atoms with Gasteiger partial charge >= 0.3 is 0 Å². The lowest BCUT2D eigenvalue weighted by Gasteiger charge is -2.19. The Labute approximate surface area is 209 Å². The van der Waals surface area contributed by atoms with Crippen molar-refractivity contribution < 1.29 is 27.4 Å². The number of nitrogens with one attached hydrogen (secondary N) is 2. The summed E-state index contributed by atoms with van der Waals surface area (Å²) < 4.78 is 32.2. The van der Waals surface area contributed by atoms with Crippen LogP contribution >= 0.6 is 0 Å². The fourth-order valence-electron chi connectivity index (χ4n) is 3.88. The first-order valence-corrected chi connectivity index (χ1v) is 13.0. The number of benzene rings is 2. The molecule has 1 heterocycles. The predicted octanol–water partition coefficient (Wildman–Crippen LogP) is 3.01. The third-order valence-electron chi connectivity index (χ3n) is 5.73. The van der Waals surface area contributed by atoms with Crippen molar-refractivity contribution in [1.29, 1.82) is 0 Å². The van der Waals surface area contributed by atoms with Crippen LogP contribution in [0.2, 0.25) is 0 Å². The van der Waals surface area contributed by atoms with E-state index in [1.807, 2.05) is 4.57 Å². The zero-order chi connectivity index (χ0) is 26.0. The summed E-state index contributed by atoms with van der Waals surface area (Å²) in [6, 6.07) is 11.8. The second-order valence-corrected chi connectivity index (χ2v) is 10.7. The number of Topliss-reactive ketones (excluding diaryl/α,β-unsaturated/α-hetero) is 2. The van der Waals surface area contributed by atoms with E-state index < -0.39 is 21.6 Å². The normalized spacial score (nSPS) is 13.7. The fraction of sp³-hybridized carbons (Fsp3) is 0.231. The number of allylic oxidation sites excluding steroid dienone is 2. The van der Waals surface area contributed by atoms with Crippen LogP contribution in [-0.4, -0.2) is 30.5 Å². The summed E-state index contributed by atoms with van der Waals surface area (Å²) in [5, 5.41) is 2.57. The van der Waals surface area contributed by atoms with Crippen LogP contribution in [0.4, 0.5) is 5.69 Å². The minimum absolute atomic E-state index is 0.0690. The third kappa shape index (κ3) is 5.13. The van der Waals surface area contributed by atoms with Crippen molar-refractivity contribution in [2.75, 3.05) is 5.32 Å². The molecule has 0 saturated heterocycles. The number of sulfonamides is 1. The molecular formula is C26H27N4O5S+. The Bertz CT molecular complexity index is 1480. The molecule has 0 saturated carbocycles. The highest BCUT2D eigenvalue weighted by Crippen LogP contribution is 2.29. The molecule has 0 atom stereocenters. The van der Waals surface area contributed by atoms with Crippen LogP contribution in [0.25, 0.3) is 5.70 Å². The maximum Gasteiger partial charge on any atom is 0.262 e. The number of hydrogen-bond donors (Lipinski definition) is 2. The van der Waals surface area contributed by atoms with E-state index in [1.165, 1.54) is 41.8 Å². The molecular weight excluding hydrogens is 480 g/mol. The molecule has 2 N–H and O–H groups in total. The molecule has 4 rings (SSSR count). The third-order valence-corrected chi connectivity index (χ3v) is 7.10. The number of hydrogen-bond acceptors (Lipinski definition) is 5. The van der Waals surface area contributed by atoms with Crippen molar-refractivity contribution in [2.24, 2.45) is 5.92 Å². The van der Waals surface area contributed by atoms with Crippen molar-refractivity contribution >= 4 is 38.9 Å². The Hall–Kier alpha value is -4.05. The highest BCUT2D eigenvalue weighted by atomic mass is 32.2. The topological polar surface area (TPSA) is 118 Å². The number of aryl methyl sites for hydroxylation is 1. The molecule has 1 aromatic heterocycles. The number of fused-ring (bicyclic) bond motifs is 1. The van der Waals surface area contributed by atoms with Gasteiger partial charge in [0.05, 0.1) is 11.4 Å². The van der Waals surface area contributed by atoms with E-state index in [0.29, 0.717) is 18.2 Å². The van der Waals surface area contributed by atoms with Crippen molar-refractivity contribution in [1.82, 2.24) is 9.29 Å². The molecule has 1 aliphatic carbocycles. The van der Waals surface area contributed by atoms with Gasteiger partial charge in [0.1, 0.15) is 18.1 Å². The second-order valence-electron chi connectivity index (χ2n) is 8.98. The molecule has 9 nitrogen and oxygen atoms in total. The number of rotatable bonds is 8. The van der Waals surface area contributed by atoms with Crippen LogP contribution in [0.15, 0.2) is 77.8 Å². The summed E-state index contributed by atoms with van der Waals surface area (Å²) in [6.07, 6.45) is 6.00. The van der Waals surface area contributed by atoms with E-state index in [1.54, 1.807) is 36.9 Å². The number of carbonyl (C=O) groups excluding carboxylic acids is 3. The van der Waals surface area contributed by atoms with Gasteiger partial charge in [0, 0.05) is 23.7 Å². The quantitative estimate of drug-likeness (QED) is 0.455. The number of anilines is 1. The molecule has 3 aromatic rings. The number of carbonyl (C=O) groups is 3. The van der Waals surface area contributed by atoms with E-state index in [4.69, 9.17) is 0 Å². The summed E-state index contributed by atoms with van der Waals surface area (Å²) in [6.45, 7) is 6.27. The molecule has 0 aliphatic heterocycles. The first-order chi connectivity index (χ1) is 17.1. The molecule has 10 heteroatoms. The lowest BCUT2D eigenvalue weighted by molar-refractivity contribution is -0.697. The van der Waals surface area contributed by atoms with Crippen LogP contribution in [0.3, 0.4) is 0 Å². The Kier molecular flexibility index (Phi) is 6.89. The molecule has 0 radical (unpaired) electrons. The molecule has 1 amide bonds. The Morgan fingerprint density at radius 1 is 1.00 bits per heavy atom. The van der Waals surface area contributed by atoms with Crippen molar-refractivity contribution in [3.8, 4) is 0 Å². The average Bonchev–Trinajstić information content (AvgIpc) is 3.29. The summed E-state index contributed by atoms with van der Waals surface area (Å²) in [7, 11) is -4.23. The molecule has 0 fully saturated rings. The monoisotopic (exact) mass is 507 g/mol. The minimum Gasteiger partial charge on any atom is -0.326 e. The highest BCUT2D eigenvalue weighted by Gasteiger charge is 2.38. The first kappa shape index (κ1) is 25.1. The van der Waals surface area contributed by atoms with Gasteiger partial charge in [-0.1, -0.05) is 38.1 Å². The second kappa shape index (κ2) is 9.90. The number of nitrogens with zero attached hydrogens (tertiary/aromatic N) is 2. The first-order valence-electron chi connectivity index (χ1n) is 11.5. The van der Waals surface area contributed by atoms with Crippen molar-refractivity contribution in [2.45, 2.75) is 38.6 Å². The number of ketones is 2. The molecule has 0 spiro atoms. The van der Waals surface area contributed by atoms with Crippen LogP contribution in [0.5, 0.6) is 0 Å². The van der Waals surface area contributed by atoms with E-state index in [-0.39, 0.29) is 33.3 Å². The molecule has 2 aromatic carbocycles. The van der Waals surface area contributed by atoms with E-state index in [9.17, 15) is 22.8 Å². The van der Waals surface area contributed by atoms with Gasteiger partial charge in [-0.2, -0.15) is 4.57 Å². The average molecular weight is 508 g/mol. The fourth-order valence-corrected chi connectivity index (χ4v) is 4.95. The Balaban J connectivity index is 1.77. The van der Waals surface area contributed by atoms with Crippen LogP contribution < -0.4 is 14.6 Å². The van der Waals surface area contributed by atoms with Gasteiger partial charge in [0.15, 0.2) is 0 Å². The van der Waals surface area contributed by atoms with Gasteiger partial charge in [-0.15, -0.1) is 0 Å². The number of aromatic nitrogens is 2. The van der Waals surface area contributed by atoms with Crippen LogP contribution in [-0.2, 0) is 21.4 Å². The summed E-state index contributed by atoms with van der Waals surface area (Å²) >= 11 is 0. The molecule has 0 unspecified atom stereocenters. The minimum atomic E-state index is -4.23. The standard InChI is InChI=1S/C26H26N4O5S/c1-17(2)12-13-29-14-15-30(16-29)24-23(25(32)21-6-4-5-7-22(21)26(24)33)28-36(34,35)20-10-8-19(9-11-20)27-18(3)31/h4-11,14-17H,12-13H2,1-3H3,(H-,27,28,31,33)/p+1. The zero-order valence-corrected chi connectivity index (χ0v) is 21.0. The number of imidazole rings is 1. The van der Waals surface area contributed by atoms with E-state index in [2.05, 4.69) is 23.9 Å². The Morgan fingerprint density at radius 2 is 1.64 bits per heavy atom. The zero-order valence-electron chi connectivity index (χ0n) is 20.2. The maximum atomic E-state index is 13.5. The van der Waals surface area contributed by atoms with E-state index >= 15 is 0 Å². The molecule has 1 aliphatic rings. The van der Waals surface area contributed by atoms with Crippen molar-refractivity contribution in [3.05, 3.63) is 84.1 Å². The Morgan fingerprint density at radius 3 is 2.25 bits per heavy atom. The maximum absolute atomic E-state index is 13.5. The lowest BCUT2D eigenvalue weighted by atomic mass is 9.90. The summed E-state index contributed by atoms with van der Waals surface area (Å²) in [5.74, 6) is -0.873. The van der Waals surface area contributed by atoms with Crippen LogP contribution in [0, 0.1) is 5.92 Å². The number of amides is 1. The summed E-state index contributed by atoms with van der Waals surface area (Å²) in [4.78, 5) is 38.1. The molecule has 36 heavy (non-hydrogen) atoms. The molecule has 0 bridgehead atoms. The van der Waals surface area contributed by atoms with E-state index in [0.717, 1.165) is 6.42 Å². The van der Waals surface area contributed by atoms with Gasteiger partial charge < -0.3 is 5.32 Å². The summed E-state index contributed by atoms with van der Waals surface area (Å²) in [5.41, 5.74) is 0.376. The highest BCUT2D eigenvalue weighted by molar-refractivity contribution is 7.89. The van der Waals surface area contributed by atoms with Crippen LogP contribution in [0.1, 0.15) is 47.9 Å². The molecule has 186 valence electrons. The smallest absolute Gasteiger partial charge is 0.262 e. The SMILES string of the molecule is CC(=O)Nc1ccc(S(=O)(=O)NC2=C(n3cc[n+](CCC(C)C)c3)C(=O)c3ccccc3C2=O)cc1. The van der Waals surface area contributed by atoms with Gasteiger partial charge in [0.2, 0.25) is 29.5 Å². The van der Waals surface area contributed by atoms with Gasteiger partial charge in [0.25, 0.3) is 10.0 Å². The van der Waals surface area contributed by atoms with Gasteiger partial charge in [-0.3, -0.25) is 19.1 Å². The largest absolute Gasteiger partial charge is 0.326 e.